The monoisotopic (exact) mass is 342 g/mol. The molecule has 0 fully saturated rings. The summed E-state index contributed by atoms with van der Waals surface area (Å²) in [4.78, 5) is 9.13. The number of primary sulfonamides is 1. The maximum atomic E-state index is 12.7. The van der Waals surface area contributed by atoms with Crippen molar-refractivity contribution >= 4 is 15.8 Å². The smallest absolute Gasteiger partial charge is 0.280 e. The molecule has 6 nitrogen and oxygen atoms in total. The van der Waals surface area contributed by atoms with Crippen molar-refractivity contribution in [2.45, 2.75) is 24.3 Å². The lowest BCUT2D eigenvalue weighted by atomic mass is 10.1. The molecule has 124 valence electrons. The Labute approximate surface area is 133 Å². The van der Waals surface area contributed by atoms with E-state index >= 15 is 0 Å². The summed E-state index contributed by atoms with van der Waals surface area (Å²) in [5.41, 5.74) is 0.295. The number of aromatic nitrogens is 2. The number of hydrogen-bond acceptors (Lipinski definition) is 5. The molecule has 2 aromatic rings. The van der Waals surface area contributed by atoms with Gasteiger partial charge in [-0.3, -0.25) is 0 Å². The van der Waals surface area contributed by atoms with Crippen molar-refractivity contribution in [3.63, 3.8) is 0 Å². The summed E-state index contributed by atoms with van der Waals surface area (Å²) in [5.74, 6) is 0.309. The van der Waals surface area contributed by atoms with Gasteiger partial charge in [0.15, 0.2) is 0 Å². The average molecular weight is 342 g/mol. The second-order valence-electron chi connectivity index (χ2n) is 5.01. The van der Waals surface area contributed by atoms with E-state index in [2.05, 4.69) is 9.97 Å². The molecule has 0 spiro atoms. The van der Waals surface area contributed by atoms with Gasteiger partial charge in [-0.05, 0) is 24.6 Å². The van der Waals surface area contributed by atoms with Gasteiger partial charge in [-0.15, -0.1) is 0 Å². The SMILES string of the molecule is CC(c1cccc(S(N)(=O)=O)c1)N(C)c1cc(C(F)F)ncn1. The molecule has 1 atom stereocenters. The zero-order valence-corrected chi connectivity index (χ0v) is 13.3. The maximum Gasteiger partial charge on any atom is 0.280 e. The van der Waals surface area contributed by atoms with E-state index in [4.69, 9.17) is 5.14 Å². The Balaban J connectivity index is 2.33. The Bertz CT molecular complexity index is 799. The number of anilines is 1. The van der Waals surface area contributed by atoms with E-state index in [0.29, 0.717) is 11.4 Å². The molecule has 2 N–H and O–H groups in total. The van der Waals surface area contributed by atoms with E-state index in [1.165, 1.54) is 18.2 Å². The topological polar surface area (TPSA) is 89.2 Å². The molecule has 1 unspecified atom stereocenters. The number of benzene rings is 1. The molecular weight excluding hydrogens is 326 g/mol. The normalized spacial score (nSPS) is 13.1. The highest BCUT2D eigenvalue weighted by atomic mass is 32.2. The third-order valence-corrected chi connectivity index (χ3v) is 4.42. The lowest BCUT2D eigenvalue weighted by Gasteiger charge is -2.26. The summed E-state index contributed by atoms with van der Waals surface area (Å²) in [6.45, 7) is 1.80. The quantitative estimate of drug-likeness (QED) is 0.900. The van der Waals surface area contributed by atoms with Crippen molar-refractivity contribution < 1.29 is 17.2 Å². The fourth-order valence-corrected chi connectivity index (χ4v) is 2.62. The second-order valence-corrected chi connectivity index (χ2v) is 6.57. The van der Waals surface area contributed by atoms with Gasteiger partial charge in [0.2, 0.25) is 10.0 Å². The predicted molar refractivity (Wildman–Crippen MR) is 81.6 cm³/mol. The number of nitrogens with zero attached hydrogens (tertiary/aromatic N) is 3. The van der Waals surface area contributed by atoms with Crippen LogP contribution in [0.15, 0.2) is 41.6 Å². The summed E-state index contributed by atoms with van der Waals surface area (Å²) >= 11 is 0. The van der Waals surface area contributed by atoms with Crippen LogP contribution in [0.1, 0.15) is 30.6 Å². The van der Waals surface area contributed by atoms with Gasteiger partial charge < -0.3 is 4.90 Å². The number of sulfonamides is 1. The van der Waals surface area contributed by atoms with Crippen LogP contribution in [-0.2, 0) is 10.0 Å². The largest absolute Gasteiger partial charge is 0.353 e. The second kappa shape index (κ2) is 6.55. The van der Waals surface area contributed by atoms with Gasteiger partial charge in [0.25, 0.3) is 6.43 Å². The van der Waals surface area contributed by atoms with Crippen molar-refractivity contribution in [2.75, 3.05) is 11.9 Å². The molecule has 0 aliphatic heterocycles. The first kappa shape index (κ1) is 17.2. The van der Waals surface area contributed by atoms with E-state index in [0.717, 1.165) is 6.33 Å². The van der Waals surface area contributed by atoms with E-state index in [1.54, 1.807) is 31.0 Å². The summed E-state index contributed by atoms with van der Waals surface area (Å²) in [6.07, 6.45) is -1.62. The molecule has 0 aliphatic rings. The first-order valence-corrected chi connectivity index (χ1v) is 8.20. The Hall–Kier alpha value is -2.13. The van der Waals surface area contributed by atoms with Gasteiger partial charge in [0.05, 0.1) is 10.9 Å². The van der Waals surface area contributed by atoms with Gasteiger partial charge in [-0.1, -0.05) is 12.1 Å². The molecule has 2 rings (SSSR count). The van der Waals surface area contributed by atoms with E-state index in [-0.39, 0.29) is 16.6 Å². The van der Waals surface area contributed by atoms with Crippen LogP contribution in [0.2, 0.25) is 0 Å². The molecule has 0 amide bonds. The third kappa shape index (κ3) is 3.99. The summed E-state index contributed by atoms with van der Waals surface area (Å²) in [6, 6.07) is 7.04. The summed E-state index contributed by atoms with van der Waals surface area (Å²) < 4.78 is 48.3. The molecule has 1 aromatic carbocycles. The molecular formula is C14H16F2N4O2S. The fraction of sp³-hybridized carbons (Fsp3) is 0.286. The van der Waals surface area contributed by atoms with Crippen LogP contribution >= 0.6 is 0 Å². The Morgan fingerprint density at radius 3 is 2.52 bits per heavy atom. The highest BCUT2D eigenvalue weighted by molar-refractivity contribution is 7.89. The molecule has 9 heteroatoms. The van der Waals surface area contributed by atoms with E-state index < -0.39 is 16.4 Å². The number of nitrogens with two attached hydrogens (primary N) is 1. The minimum Gasteiger partial charge on any atom is -0.353 e. The van der Waals surface area contributed by atoms with Crippen molar-refractivity contribution in [3.05, 3.63) is 47.9 Å². The van der Waals surface area contributed by atoms with Crippen LogP contribution in [0.3, 0.4) is 0 Å². The van der Waals surface area contributed by atoms with E-state index in [9.17, 15) is 17.2 Å². The van der Waals surface area contributed by atoms with Crippen LogP contribution < -0.4 is 10.0 Å². The Morgan fingerprint density at radius 1 is 1.22 bits per heavy atom. The van der Waals surface area contributed by atoms with E-state index in [1.807, 2.05) is 0 Å². The highest BCUT2D eigenvalue weighted by Crippen LogP contribution is 2.27. The first-order valence-electron chi connectivity index (χ1n) is 6.66. The predicted octanol–water partition coefficient (Wildman–Crippen LogP) is 2.26. The molecule has 0 saturated heterocycles. The van der Waals surface area contributed by atoms with Gasteiger partial charge >= 0.3 is 0 Å². The third-order valence-electron chi connectivity index (χ3n) is 3.51. The van der Waals surface area contributed by atoms with Gasteiger partial charge in [-0.2, -0.15) is 0 Å². The van der Waals surface area contributed by atoms with Crippen LogP contribution in [0.5, 0.6) is 0 Å². The zero-order chi connectivity index (χ0) is 17.2. The molecule has 23 heavy (non-hydrogen) atoms. The highest BCUT2D eigenvalue weighted by Gasteiger charge is 2.18. The molecule has 1 heterocycles. The minimum atomic E-state index is -3.81. The lowest BCUT2D eigenvalue weighted by Crippen LogP contribution is -2.23. The minimum absolute atomic E-state index is 0.00814. The van der Waals surface area contributed by atoms with Crippen LogP contribution in [-0.4, -0.2) is 25.4 Å². The van der Waals surface area contributed by atoms with Crippen LogP contribution in [0.25, 0.3) is 0 Å². The van der Waals surface area contributed by atoms with Gasteiger partial charge in [-0.25, -0.2) is 32.3 Å². The van der Waals surface area contributed by atoms with Crippen molar-refractivity contribution in [2.24, 2.45) is 5.14 Å². The molecule has 0 radical (unpaired) electrons. The molecule has 1 aromatic heterocycles. The Kier molecular flexibility index (Phi) is 4.90. The molecule has 0 aliphatic carbocycles. The zero-order valence-electron chi connectivity index (χ0n) is 12.5. The number of halogens is 2. The maximum absolute atomic E-state index is 12.7. The number of alkyl halides is 2. The van der Waals surface area contributed by atoms with Crippen molar-refractivity contribution in [1.29, 1.82) is 0 Å². The Morgan fingerprint density at radius 2 is 1.91 bits per heavy atom. The van der Waals surface area contributed by atoms with Crippen molar-refractivity contribution in [1.82, 2.24) is 9.97 Å². The fourth-order valence-electron chi connectivity index (χ4n) is 2.05. The van der Waals surface area contributed by atoms with Crippen molar-refractivity contribution in [3.8, 4) is 0 Å². The summed E-state index contributed by atoms with van der Waals surface area (Å²) in [5, 5.41) is 5.12. The van der Waals surface area contributed by atoms with Crippen LogP contribution in [0.4, 0.5) is 14.6 Å². The van der Waals surface area contributed by atoms with Crippen LogP contribution in [0, 0.1) is 0 Å². The standard InChI is InChI=1S/C14H16F2N4O2S/c1-9(10-4-3-5-11(6-10)23(17,21)22)20(2)13-7-12(14(15)16)18-8-19-13/h3-9,14H,1-2H3,(H2,17,21,22). The first-order chi connectivity index (χ1) is 10.7. The average Bonchev–Trinajstić information content (AvgIpc) is 2.53. The molecule has 0 bridgehead atoms. The number of rotatable bonds is 5. The lowest BCUT2D eigenvalue weighted by molar-refractivity contribution is 0.146. The van der Waals surface area contributed by atoms with Gasteiger partial charge in [0, 0.05) is 13.1 Å². The molecule has 0 saturated carbocycles. The summed E-state index contributed by atoms with van der Waals surface area (Å²) in [7, 11) is -2.14. The number of hydrogen-bond donors (Lipinski definition) is 1. The van der Waals surface area contributed by atoms with Gasteiger partial charge in [0.1, 0.15) is 17.8 Å².